The number of aliphatic hydroxyl groups is 10. The van der Waals surface area contributed by atoms with Gasteiger partial charge in [-0.1, -0.05) is 39.3 Å². The molecule has 406 valence electrons. The van der Waals surface area contributed by atoms with E-state index >= 15 is 0 Å². The first-order valence-corrected chi connectivity index (χ1v) is 26.6. The first kappa shape index (κ1) is 53.3. The molecule has 9 fully saturated rings. The first-order valence-electron chi connectivity index (χ1n) is 26.6. The highest BCUT2D eigenvalue weighted by Crippen LogP contribution is 2.71. The van der Waals surface area contributed by atoms with E-state index in [1.165, 1.54) is 26.3 Å². The second-order valence-electron chi connectivity index (χ2n) is 23.8. The summed E-state index contributed by atoms with van der Waals surface area (Å²) < 4.78 is 62.2. The zero-order valence-electron chi connectivity index (χ0n) is 42.1. The fourth-order valence-electron chi connectivity index (χ4n) is 15.4. The molecule has 10 aliphatic rings. The average Bonchev–Trinajstić information content (AvgIpc) is 3.79. The molecular weight excluding hydrogens is 933 g/mol. The van der Waals surface area contributed by atoms with Crippen molar-refractivity contribution < 1.29 is 98.4 Å². The lowest BCUT2D eigenvalue weighted by Crippen LogP contribution is -2.67. The molecule has 0 bridgehead atoms. The molecule has 0 aromatic rings. The van der Waals surface area contributed by atoms with Crippen LogP contribution < -0.4 is 0 Å². The number of aliphatic hydroxyl groups excluding tert-OH is 10. The van der Waals surface area contributed by atoms with Gasteiger partial charge in [0.1, 0.15) is 79.4 Å². The van der Waals surface area contributed by atoms with E-state index in [0.29, 0.717) is 48.3 Å². The molecule has 20 nitrogen and oxygen atoms in total. The van der Waals surface area contributed by atoms with Gasteiger partial charge in [0.05, 0.1) is 43.7 Å². The van der Waals surface area contributed by atoms with E-state index < -0.39 is 141 Å². The molecule has 31 atom stereocenters. The molecular formula is C51H82O20. The molecule has 71 heavy (non-hydrogen) atoms. The van der Waals surface area contributed by atoms with Crippen LogP contribution in [0.1, 0.15) is 106 Å². The molecule has 3 saturated carbocycles. The normalized spacial score (nSPS) is 58.4. The van der Waals surface area contributed by atoms with Crippen LogP contribution in [-0.2, 0) is 47.4 Å². The Hall–Kier alpha value is -1.06. The molecule has 0 amide bonds. The summed E-state index contributed by atoms with van der Waals surface area (Å²) >= 11 is 0. The summed E-state index contributed by atoms with van der Waals surface area (Å²) in [4.78, 5) is 0. The van der Waals surface area contributed by atoms with Crippen molar-refractivity contribution in [2.24, 2.45) is 46.3 Å². The third-order valence-corrected chi connectivity index (χ3v) is 19.7. The van der Waals surface area contributed by atoms with Crippen LogP contribution in [0.15, 0.2) is 11.6 Å². The second kappa shape index (κ2) is 20.1. The molecule has 6 heterocycles. The minimum absolute atomic E-state index is 0.0569. The molecule has 10 N–H and O–H groups in total. The Morgan fingerprint density at radius 3 is 1.82 bits per heavy atom. The molecule has 10 rings (SSSR count). The molecule has 0 radical (unpaired) electrons. The second-order valence-corrected chi connectivity index (χ2v) is 23.8. The third-order valence-electron chi connectivity index (χ3n) is 19.7. The van der Waals surface area contributed by atoms with Gasteiger partial charge in [-0.2, -0.15) is 0 Å². The third kappa shape index (κ3) is 9.03. The van der Waals surface area contributed by atoms with E-state index in [0.717, 1.165) is 51.6 Å². The van der Waals surface area contributed by atoms with Gasteiger partial charge in [-0.3, -0.25) is 0 Å². The van der Waals surface area contributed by atoms with E-state index in [2.05, 4.69) is 33.8 Å². The molecule has 6 saturated heterocycles. The van der Waals surface area contributed by atoms with Gasteiger partial charge in [0, 0.05) is 12.3 Å². The molecule has 6 aliphatic heterocycles. The van der Waals surface area contributed by atoms with Crippen LogP contribution in [0.5, 0.6) is 0 Å². The minimum atomic E-state index is -1.85. The Balaban J connectivity index is 0.836. The molecule has 0 unspecified atom stereocenters. The Morgan fingerprint density at radius 2 is 1.20 bits per heavy atom. The van der Waals surface area contributed by atoms with Crippen LogP contribution in [0.4, 0.5) is 0 Å². The number of allylic oxidation sites excluding steroid dienone is 1. The quantitative estimate of drug-likeness (QED) is 0.137. The van der Waals surface area contributed by atoms with Gasteiger partial charge in [-0.05, 0) is 113 Å². The van der Waals surface area contributed by atoms with E-state index in [1.54, 1.807) is 0 Å². The minimum Gasteiger partial charge on any atom is -0.394 e. The van der Waals surface area contributed by atoms with Gasteiger partial charge in [0.2, 0.25) is 0 Å². The fraction of sp³-hybridized carbons (Fsp3) is 0.961. The highest BCUT2D eigenvalue weighted by molar-refractivity contribution is 5.26. The van der Waals surface area contributed by atoms with Crippen molar-refractivity contribution >= 4 is 0 Å². The van der Waals surface area contributed by atoms with Crippen molar-refractivity contribution in [1.29, 1.82) is 0 Å². The van der Waals surface area contributed by atoms with Crippen LogP contribution >= 0.6 is 0 Å². The predicted octanol–water partition coefficient (Wildman–Crippen LogP) is 0.0935. The average molecular weight is 1020 g/mol. The zero-order chi connectivity index (χ0) is 50.8. The summed E-state index contributed by atoms with van der Waals surface area (Å²) in [5.41, 5.74) is 1.44. The maximum atomic E-state index is 12.2. The summed E-state index contributed by atoms with van der Waals surface area (Å²) in [5.74, 6) is 2.46. The van der Waals surface area contributed by atoms with E-state index in [4.69, 9.17) is 47.4 Å². The number of hydrogen-bond acceptors (Lipinski definition) is 20. The summed E-state index contributed by atoms with van der Waals surface area (Å²) in [6, 6.07) is 0. The van der Waals surface area contributed by atoms with E-state index in [-0.39, 0.29) is 16.9 Å². The molecule has 4 aliphatic carbocycles. The standard InChI is InChI=1S/C51H82O20/c1-20-10-15-51(62-19-20)21(2)32-30(71-51)17-29-27-9-8-25-16-26(11-13-49(25,6)28(27)12-14-50(29,32)7)66-48-44(70-46-39(59)36(56)34(54)23(4)64-46)41(61)43(31(18-52)67-48)69-47-40(60)37(57)42(24(5)65-47)68-45-38(58)35(55)33(53)22(3)63-45/h8,20-24,26-48,52-61H,9-19H2,1-7H3/t20-,21+,22+,23+,24+,26+,27-,28+,29+,30+,31-,32+,33+,34+,35-,36-,37+,38-,39-,40-,41+,42+,43+,44-,45+,46+,47+,48-,49+,50+,51-/m1/s1. The van der Waals surface area contributed by atoms with Crippen LogP contribution in [0, 0.1) is 46.3 Å². The van der Waals surface area contributed by atoms with Gasteiger partial charge in [-0.25, -0.2) is 0 Å². The van der Waals surface area contributed by atoms with Crippen molar-refractivity contribution in [1.82, 2.24) is 0 Å². The van der Waals surface area contributed by atoms with Crippen LogP contribution in [0.2, 0.25) is 0 Å². The fourth-order valence-corrected chi connectivity index (χ4v) is 15.4. The first-order chi connectivity index (χ1) is 33.6. The molecule has 0 aromatic carbocycles. The topological polar surface area (TPSA) is 295 Å². The van der Waals surface area contributed by atoms with E-state index in [9.17, 15) is 51.1 Å². The van der Waals surface area contributed by atoms with Gasteiger partial charge < -0.3 is 98.4 Å². The van der Waals surface area contributed by atoms with E-state index in [1.807, 2.05) is 0 Å². The highest BCUT2D eigenvalue weighted by Gasteiger charge is 2.69. The Morgan fingerprint density at radius 1 is 0.592 bits per heavy atom. The van der Waals surface area contributed by atoms with Crippen molar-refractivity contribution in [2.45, 2.75) is 247 Å². The molecule has 0 aromatic heterocycles. The van der Waals surface area contributed by atoms with Crippen molar-refractivity contribution in [3.05, 3.63) is 11.6 Å². The number of rotatable bonds is 9. The van der Waals surface area contributed by atoms with Crippen molar-refractivity contribution in [3.63, 3.8) is 0 Å². The predicted molar refractivity (Wildman–Crippen MR) is 244 cm³/mol. The van der Waals surface area contributed by atoms with Gasteiger partial charge in [0.15, 0.2) is 30.9 Å². The van der Waals surface area contributed by atoms with Crippen LogP contribution in [0.25, 0.3) is 0 Å². The number of ether oxygens (including phenoxy) is 10. The number of fused-ring (bicyclic) bond motifs is 7. The lowest BCUT2D eigenvalue weighted by atomic mass is 9.47. The lowest BCUT2D eigenvalue weighted by Gasteiger charge is -2.59. The van der Waals surface area contributed by atoms with Crippen molar-refractivity contribution in [3.8, 4) is 0 Å². The van der Waals surface area contributed by atoms with Gasteiger partial charge in [-0.15, -0.1) is 0 Å². The maximum absolute atomic E-state index is 12.2. The summed E-state index contributed by atoms with van der Waals surface area (Å²) in [6.45, 7) is 14.1. The Bertz CT molecular complexity index is 1890. The monoisotopic (exact) mass is 1010 g/mol. The summed E-state index contributed by atoms with van der Waals surface area (Å²) in [7, 11) is 0. The molecule has 20 heteroatoms. The van der Waals surface area contributed by atoms with Gasteiger partial charge >= 0.3 is 0 Å². The lowest BCUT2D eigenvalue weighted by molar-refractivity contribution is -0.394. The van der Waals surface area contributed by atoms with Crippen molar-refractivity contribution in [2.75, 3.05) is 13.2 Å². The van der Waals surface area contributed by atoms with Crippen LogP contribution in [0.3, 0.4) is 0 Å². The highest BCUT2D eigenvalue weighted by atomic mass is 16.8. The van der Waals surface area contributed by atoms with Crippen LogP contribution in [-0.4, -0.2) is 205 Å². The summed E-state index contributed by atoms with van der Waals surface area (Å²) in [6.07, 6.45) is -19.0. The molecule has 1 spiro atoms. The summed E-state index contributed by atoms with van der Waals surface area (Å²) in [5, 5.41) is 109. The maximum Gasteiger partial charge on any atom is 0.187 e. The zero-order valence-corrected chi connectivity index (χ0v) is 42.1. The SMILES string of the molecule is C[C@@H]1CC[C@@]2(OC1)O[C@H]1C[C@H]3[C@@H]4CC=C5C[C@@H](O[C@@H]6O[C@H](CO)[C@H](O[C@@H]7O[C@@H](C)[C@H](O[C@@H]8O[C@@H](C)[C@H](O)[C@@H](O)[C@H]8O)[C@@H](O)[C@H]7O)[C@H](O)[C@H]6O[C@@H]6O[C@@H](C)[C@H](O)[C@@H](O)[C@H]6O)CC[C@]5(C)[C@H]4CC[C@]3(C)[C@H]1[C@@H]2C. The smallest absolute Gasteiger partial charge is 0.187 e. The Kier molecular flexibility index (Phi) is 15.1. The Labute approximate surface area is 415 Å². The largest absolute Gasteiger partial charge is 0.394 e. The van der Waals surface area contributed by atoms with Gasteiger partial charge in [0.25, 0.3) is 0 Å². The number of hydrogen-bond donors (Lipinski definition) is 10.